The van der Waals surface area contributed by atoms with E-state index in [0.717, 1.165) is 22.5 Å². The molecule has 0 saturated carbocycles. The fraction of sp³-hybridized carbons (Fsp3) is 0. The maximum atomic E-state index is 4.44. The largest absolute Gasteiger partial charge is 0.279 e. The summed E-state index contributed by atoms with van der Waals surface area (Å²) in [5, 5.41) is 0. The van der Waals surface area contributed by atoms with Crippen molar-refractivity contribution in [2.45, 2.75) is 0 Å². The van der Waals surface area contributed by atoms with Crippen LogP contribution in [0.2, 0.25) is 0 Å². The molecule has 2 aromatic heterocycles. The number of nitrogens with zero attached hydrogens (tertiary/aromatic N) is 3. The van der Waals surface area contributed by atoms with Crippen molar-refractivity contribution in [1.29, 1.82) is 0 Å². The number of hydrogen-bond donors (Lipinski definition) is 0. The lowest BCUT2D eigenvalue weighted by Crippen LogP contribution is -2.03. The van der Waals surface area contributed by atoms with Crippen molar-refractivity contribution in [3.05, 3.63) is 114 Å². The molecule has 0 spiro atoms. The van der Waals surface area contributed by atoms with E-state index in [-0.39, 0.29) is 0 Å². The van der Waals surface area contributed by atoms with Gasteiger partial charge in [-0.05, 0) is 41.5 Å². The van der Waals surface area contributed by atoms with Gasteiger partial charge < -0.3 is 0 Å². The fourth-order valence-electron chi connectivity index (χ4n) is 2.86. The molecule has 130 valence electrons. The van der Waals surface area contributed by atoms with Gasteiger partial charge in [0, 0.05) is 23.8 Å². The summed E-state index contributed by atoms with van der Waals surface area (Å²) in [4.78, 5) is 8.87. The molecule has 0 saturated heterocycles. The minimum atomic E-state index is 0.655. The second kappa shape index (κ2) is 8.11. The average molecular weight is 349 g/mol. The minimum Gasteiger partial charge on any atom is -0.279 e. The van der Waals surface area contributed by atoms with Gasteiger partial charge in [-0.2, -0.15) is 0 Å². The van der Waals surface area contributed by atoms with Crippen molar-refractivity contribution in [3.63, 3.8) is 0 Å². The van der Waals surface area contributed by atoms with Crippen LogP contribution in [-0.4, -0.2) is 14.5 Å². The molecule has 2 aromatic carbocycles. The first kappa shape index (κ1) is 16.7. The zero-order valence-electron chi connectivity index (χ0n) is 14.8. The number of benzene rings is 2. The molecule has 0 N–H and O–H groups in total. The predicted octanol–water partition coefficient (Wildman–Crippen LogP) is 5.61. The molecule has 0 unspecified atom stereocenters. The van der Waals surface area contributed by atoms with E-state index < -0.39 is 0 Å². The molecule has 0 aliphatic carbocycles. The summed E-state index contributed by atoms with van der Waals surface area (Å²) < 4.78 is 2.05. The molecule has 0 aliphatic rings. The van der Waals surface area contributed by atoms with Crippen LogP contribution >= 0.6 is 0 Å². The number of aromatic nitrogens is 3. The molecule has 3 nitrogen and oxygen atoms in total. The van der Waals surface area contributed by atoms with E-state index >= 15 is 0 Å². The van der Waals surface area contributed by atoms with Gasteiger partial charge >= 0.3 is 0 Å². The van der Waals surface area contributed by atoms with Gasteiger partial charge in [0.15, 0.2) is 0 Å². The van der Waals surface area contributed by atoms with Gasteiger partial charge in [0.25, 0.3) is 0 Å². The lowest BCUT2D eigenvalue weighted by molar-refractivity contribution is 0.918. The Morgan fingerprint density at radius 1 is 0.519 bits per heavy atom. The smallest absolute Gasteiger partial charge is 0.234 e. The van der Waals surface area contributed by atoms with E-state index in [1.165, 1.54) is 0 Å². The highest BCUT2D eigenvalue weighted by atomic mass is 15.2. The lowest BCUT2D eigenvalue weighted by Gasteiger charge is -2.07. The van der Waals surface area contributed by atoms with E-state index in [1.807, 2.05) is 42.5 Å². The van der Waals surface area contributed by atoms with Crippen LogP contribution in [0.5, 0.6) is 0 Å². The third-order valence-corrected chi connectivity index (χ3v) is 4.19. The SMILES string of the molecule is C(=C\c1ccc(/C=C/c2ccccc2)n1-c1ncccn1)/c1ccccc1. The minimum absolute atomic E-state index is 0.655. The number of rotatable bonds is 5. The van der Waals surface area contributed by atoms with Crippen LogP contribution in [0.3, 0.4) is 0 Å². The third-order valence-electron chi connectivity index (χ3n) is 4.19. The van der Waals surface area contributed by atoms with Gasteiger partial charge in [0.1, 0.15) is 0 Å². The summed E-state index contributed by atoms with van der Waals surface area (Å²) in [6, 6.07) is 26.5. The van der Waals surface area contributed by atoms with Crippen LogP contribution in [0.15, 0.2) is 91.3 Å². The van der Waals surface area contributed by atoms with E-state index in [4.69, 9.17) is 0 Å². The predicted molar refractivity (Wildman–Crippen MR) is 112 cm³/mol. The first-order chi connectivity index (χ1) is 13.4. The molecule has 3 heteroatoms. The summed E-state index contributed by atoms with van der Waals surface area (Å²) >= 11 is 0. The van der Waals surface area contributed by atoms with E-state index in [9.17, 15) is 0 Å². The summed E-state index contributed by atoms with van der Waals surface area (Å²) in [6.07, 6.45) is 11.9. The zero-order chi connectivity index (χ0) is 18.3. The van der Waals surface area contributed by atoms with Crippen molar-refractivity contribution >= 4 is 24.3 Å². The maximum absolute atomic E-state index is 4.44. The molecule has 0 amide bonds. The van der Waals surface area contributed by atoms with Crippen LogP contribution in [0.4, 0.5) is 0 Å². The molecule has 2 heterocycles. The second-order valence-electron chi connectivity index (χ2n) is 6.06. The van der Waals surface area contributed by atoms with Crippen LogP contribution in [0, 0.1) is 0 Å². The molecular weight excluding hydrogens is 330 g/mol. The summed E-state index contributed by atoms with van der Waals surface area (Å²) in [6.45, 7) is 0. The molecule has 0 radical (unpaired) electrons. The Hall–Kier alpha value is -3.72. The average Bonchev–Trinajstić information content (AvgIpc) is 3.16. The normalized spacial score (nSPS) is 11.4. The highest BCUT2D eigenvalue weighted by Crippen LogP contribution is 2.19. The monoisotopic (exact) mass is 349 g/mol. The second-order valence-corrected chi connectivity index (χ2v) is 6.06. The van der Waals surface area contributed by atoms with E-state index in [1.54, 1.807) is 12.4 Å². The Bertz CT molecular complexity index is 980. The Morgan fingerprint density at radius 3 is 1.48 bits per heavy atom. The van der Waals surface area contributed by atoms with Crippen LogP contribution in [0.25, 0.3) is 30.3 Å². The fourth-order valence-corrected chi connectivity index (χ4v) is 2.86. The molecule has 27 heavy (non-hydrogen) atoms. The Labute approximate surface area is 159 Å². The number of hydrogen-bond acceptors (Lipinski definition) is 2. The zero-order valence-corrected chi connectivity index (χ0v) is 14.8. The maximum Gasteiger partial charge on any atom is 0.234 e. The molecule has 0 bridgehead atoms. The van der Waals surface area contributed by atoms with Crippen LogP contribution in [0.1, 0.15) is 22.5 Å². The van der Waals surface area contributed by atoms with Gasteiger partial charge in [-0.15, -0.1) is 0 Å². The highest BCUT2D eigenvalue weighted by molar-refractivity contribution is 5.73. The molecule has 0 fully saturated rings. The van der Waals surface area contributed by atoms with Crippen molar-refractivity contribution in [1.82, 2.24) is 14.5 Å². The van der Waals surface area contributed by atoms with Crippen molar-refractivity contribution < 1.29 is 0 Å². The molecule has 0 atom stereocenters. The Balaban J connectivity index is 1.73. The molecule has 0 aliphatic heterocycles. The van der Waals surface area contributed by atoms with Crippen LogP contribution in [-0.2, 0) is 0 Å². The first-order valence-corrected chi connectivity index (χ1v) is 8.85. The quantitative estimate of drug-likeness (QED) is 0.469. The van der Waals surface area contributed by atoms with Gasteiger partial charge in [-0.1, -0.05) is 72.8 Å². The van der Waals surface area contributed by atoms with E-state index in [2.05, 4.69) is 75.2 Å². The van der Waals surface area contributed by atoms with Gasteiger partial charge in [0.2, 0.25) is 5.95 Å². The van der Waals surface area contributed by atoms with Crippen molar-refractivity contribution in [3.8, 4) is 5.95 Å². The first-order valence-electron chi connectivity index (χ1n) is 8.85. The van der Waals surface area contributed by atoms with Gasteiger partial charge in [0.05, 0.1) is 0 Å². The third kappa shape index (κ3) is 4.10. The summed E-state index contributed by atoms with van der Waals surface area (Å²) in [5.41, 5.74) is 4.36. The van der Waals surface area contributed by atoms with Crippen LogP contribution < -0.4 is 0 Å². The molecule has 4 rings (SSSR count). The van der Waals surface area contributed by atoms with Crippen molar-refractivity contribution in [2.75, 3.05) is 0 Å². The van der Waals surface area contributed by atoms with Gasteiger partial charge in [-0.3, -0.25) is 4.57 Å². The summed E-state index contributed by atoms with van der Waals surface area (Å²) in [5.74, 6) is 0.655. The van der Waals surface area contributed by atoms with Gasteiger partial charge in [-0.25, -0.2) is 9.97 Å². The van der Waals surface area contributed by atoms with Crippen molar-refractivity contribution in [2.24, 2.45) is 0 Å². The standard InChI is InChI=1S/C24H19N3/c1-3-8-20(9-4-1)12-14-22-16-17-23(15-13-21-10-5-2-6-11-21)27(22)24-25-18-7-19-26-24/h1-19H/b14-12+,15-13+. The lowest BCUT2D eigenvalue weighted by atomic mass is 10.2. The topological polar surface area (TPSA) is 30.7 Å². The summed E-state index contributed by atoms with van der Waals surface area (Å²) in [7, 11) is 0. The molecule has 4 aromatic rings. The van der Waals surface area contributed by atoms with E-state index in [0.29, 0.717) is 5.95 Å². The Kier molecular flexibility index (Phi) is 5.02. The highest BCUT2D eigenvalue weighted by Gasteiger charge is 2.08. The Morgan fingerprint density at radius 2 is 1.00 bits per heavy atom. The molecular formula is C24H19N3.